The molecule has 21 heavy (non-hydrogen) atoms. The fourth-order valence-corrected chi connectivity index (χ4v) is 4.37. The van der Waals surface area contributed by atoms with Gasteiger partial charge in [-0.25, -0.2) is 4.98 Å². The van der Waals surface area contributed by atoms with Gasteiger partial charge >= 0.3 is 0 Å². The average molecular weight is 309 g/mol. The van der Waals surface area contributed by atoms with Crippen LogP contribution in [0.5, 0.6) is 0 Å². The van der Waals surface area contributed by atoms with E-state index >= 15 is 0 Å². The number of aromatic nitrogens is 1. The molecule has 0 aromatic carbocycles. The standard InChI is InChI=1S/C18H32N2S/c1-6-9-19-15(14-8-7-13(2)10-14)11-17-20-16(12-21-17)18(3,4)5/h12-15,19H,6-11H2,1-5H3. The Morgan fingerprint density at radius 1 is 1.38 bits per heavy atom. The lowest BCUT2D eigenvalue weighted by atomic mass is 9.93. The van der Waals surface area contributed by atoms with E-state index < -0.39 is 0 Å². The van der Waals surface area contributed by atoms with E-state index in [0.29, 0.717) is 6.04 Å². The first-order valence-electron chi connectivity index (χ1n) is 8.58. The molecule has 1 aromatic heterocycles. The van der Waals surface area contributed by atoms with E-state index in [2.05, 4.69) is 45.3 Å². The van der Waals surface area contributed by atoms with Crippen molar-refractivity contribution in [2.45, 2.75) is 78.2 Å². The van der Waals surface area contributed by atoms with Crippen molar-refractivity contribution in [1.82, 2.24) is 10.3 Å². The second-order valence-corrected chi connectivity index (χ2v) is 8.76. The second kappa shape index (κ2) is 7.23. The summed E-state index contributed by atoms with van der Waals surface area (Å²) in [7, 11) is 0. The maximum absolute atomic E-state index is 4.90. The Kier molecular flexibility index (Phi) is 5.84. The summed E-state index contributed by atoms with van der Waals surface area (Å²) in [4.78, 5) is 4.90. The molecule has 1 heterocycles. The van der Waals surface area contributed by atoms with Crippen molar-refractivity contribution < 1.29 is 0 Å². The fourth-order valence-electron chi connectivity index (χ4n) is 3.29. The number of hydrogen-bond acceptors (Lipinski definition) is 3. The van der Waals surface area contributed by atoms with Crippen LogP contribution in [0.4, 0.5) is 0 Å². The van der Waals surface area contributed by atoms with Gasteiger partial charge in [0, 0.05) is 23.3 Å². The van der Waals surface area contributed by atoms with Crippen LogP contribution in [-0.4, -0.2) is 17.6 Å². The minimum absolute atomic E-state index is 0.170. The van der Waals surface area contributed by atoms with Crippen LogP contribution in [-0.2, 0) is 11.8 Å². The molecule has 0 saturated heterocycles. The molecule has 1 aromatic rings. The summed E-state index contributed by atoms with van der Waals surface area (Å²) in [5, 5.41) is 7.36. The Morgan fingerprint density at radius 3 is 2.67 bits per heavy atom. The first-order chi connectivity index (χ1) is 9.90. The van der Waals surface area contributed by atoms with Gasteiger partial charge in [0.25, 0.3) is 0 Å². The van der Waals surface area contributed by atoms with Crippen LogP contribution in [0.3, 0.4) is 0 Å². The Labute approximate surface area is 134 Å². The third-order valence-corrected chi connectivity index (χ3v) is 5.55. The molecule has 1 aliphatic rings. The molecule has 1 N–H and O–H groups in total. The highest BCUT2D eigenvalue weighted by Gasteiger charge is 2.29. The molecular formula is C18H32N2S. The molecule has 0 spiro atoms. The molecule has 2 rings (SSSR count). The molecule has 0 radical (unpaired) electrons. The molecule has 3 atom stereocenters. The predicted octanol–water partition coefficient (Wildman–Crippen LogP) is 4.79. The number of hydrogen-bond donors (Lipinski definition) is 1. The van der Waals surface area contributed by atoms with E-state index in [1.807, 2.05) is 11.3 Å². The average Bonchev–Trinajstić information content (AvgIpc) is 3.02. The second-order valence-electron chi connectivity index (χ2n) is 7.82. The molecule has 0 amide bonds. The normalized spacial score (nSPS) is 24.4. The van der Waals surface area contributed by atoms with Crippen LogP contribution < -0.4 is 5.32 Å². The summed E-state index contributed by atoms with van der Waals surface area (Å²) in [5.74, 6) is 1.75. The highest BCUT2D eigenvalue weighted by Crippen LogP contribution is 2.34. The van der Waals surface area contributed by atoms with Crippen LogP contribution in [0.2, 0.25) is 0 Å². The number of nitrogens with zero attached hydrogens (tertiary/aromatic N) is 1. The zero-order valence-corrected chi connectivity index (χ0v) is 15.2. The van der Waals surface area contributed by atoms with Crippen molar-refractivity contribution in [2.24, 2.45) is 11.8 Å². The largest absolute Gasteiger partial charge is 0.313 e. The first-order valence-corrected chi connectivity index (χ1v) is 9.46. The van der Waals surface area contributed by atoms with Gasteiger partial charge in [-0.05, 0) is 37.6 Å². The van der Waals surface area contributed by atoms with Gasteiger partial charge in [-0.2, -0.15) is 0 Å². The van der Waals surface area contributed by atoms with Gasteiger partial charge in [0.2, 0.25) is 0 Å². The summed E-state index contributed by atoms with van der Waals surface area (Å²) >= 11 is 1.85. The van der Waals surface area contributed by atoms with E-state index in [4.69, 9.17) is 4.98 Å². The van der Waals surface area contributed by atoms with Crippen molar-refractivity contribution in [2.75, 3.05) is 6.54 Å². The van der Waals surface area contributed by atoms with Crippen molar-refractivity contribution >= 4 is 11.3 Å². The molecule has 3 unspecified atom stereocenters. The van der Waals surface area contributed by atoms with E-state index in [0.717, 1.165) is 24.8 Å². The van der Waals surface area contributed by atoms with Crippen LogP contribution in [0, 0.1) is 11.8 Å². The number of thiazole rings is 1. The molecule has 3 heteroatoms. The molecule has 0 aliphatic heterocycles. The number of nitrogens with one attached hydrogen (secondary N) is 1. The summed E-state index contributed by atoms with van der Waals surface area (Å²) in [6, 6.07) is 0.619. The lowest BCUT2D eigenvalue weighted by Crippen LogP contribution is -2.37. The fraction of sp³-hybridized carbons (Fsp3) is 0.833. The van der Waals surface area contributed by atoms with E-state index in [1.54, 1.807) is 0 Å². The van der Waals surface area contributed by atoms with Crippen LogP contribution in [0.25, 0.3) is 0 Å². The van der Waals surface area contributed by atoms with E-state index in [1.165, 1.54) is 36.4 Å². The predicted molar refractivity (Wildman–Crippen MR) is 93.1 cm³/mol. The van der Waals surface area contributed by atoms with Crippen LogP contribution >= 0.6 is 11.3 Å². The lowest BCUT2D eigenvalue weighted by molar-refractivity contribution is 0.348. The quantitative estimate of drug-likeness (QED) is 0.817. The van der Waals surface area contributed by atoms with Gasteiger partial charge in [-0.3, -0.25) is 0 Å². The summed E-state index contributed by atoms with van der Waals surface area (Å²) in [5.41, 5.74) is 1.42. The van der Waals surface area contributed by atoms with Crippen molar-refractivity contribution in [1.29, 1.82) is 0 Å². The first kappa shape index (κ1) is 17.0. The molecule has 1 saturated carbocycles. The molecule has 2 nitrogen and oxygen atoms in total. The summed E-state index contributed by atoms with van der Waals surface area (Å²) < 4.78 is 0. The Hall–Kier alpha value is -0.410. The highest BCUT2D eigenvalue weighted by atomic mass is 32.1. The summed E-state index contributed by atoms with van der Waals surface area (Å²) in [6.45, 7) is 12.5. The van der Waals surface area contributed by atoms with Crippen molar-refractivity contribution in [3.8, 4) is 0 Å². The molecular weight excluding hydrogens is 276 g/mol. The topological polar surface area (TPSA) is 24.9 Å². The zero-order valence-electron chi connectivity index (χ0n) is 14.4. The maximum atomic E-state index is 4.90. The van der Waals surface area contributed by atoms with Gasteiger partial charge in [-0.1, -0.05) is 41.0 Å². The maximum Gasteiger partial charge on any atom is 0.0944 e. The van der Waals surface area contributed by atoms with Crippen molar-refractivity contribution in [3.63, 3.8) is 0 Å². The van der Waals surface area contributed by atoms with Gasteiger partial charge < -0.3 is 5.32 Å². The van der Waals surface area contributed by atoms with Crippen molar-refractivity contribution in [3.05, 3.63) is 16.1 Å². The van der Waals surface area contributed by atoms with E-state index in [9.17, 15) is 0 Å². The minimum atomic E-state index is 0.170. The van der Waals surface area contributed by atoms with Crippen LogP contribution in [0.1, 0.15) is 71.0 Å². The highest BCUT2D eigenvalue weighted by molar-refractivity contribution is 7.09. The SMILES string of the molecule is CCCNC(Cc1nc(C(C)(C)C)cs1)C1CCC(C)C1. The Morgan fingerprint density at radius 2 is 2.14 bits per heavy atom. The van der Waals surface area contributed by atoms with Crippen LogP contribution in [0.15, 0.2) is 5.38 Å². The Bertz CT molecular complexity index is 433. The number of rotatable bonds is 6. The third-order valence-electron chi connectivity index (χ3n) is 4.68. The third kappa shape index (κ3) is 4.79. The van der Waals surface area contributed by atoms with Gasteiger partial charge in [0.15, 0.2) is 0 Å². The Balaban J connectivity index is 2.02. The summed E-state index contributed by atoms with van der Waals surface area (Å²) in [6.07, 6.45) is 6.50. The monoisotopic (exact) mass is 308 g/mol. The molecule has 120 valence electrons. The molecule has 1 aliphatic carbocycles. The van der Waals surface area contributed by atoms with Gasteiger partial charge in [-0.15, -0.1) is 11.3 Å². The van der Waals surface area contributed by atoms with E-state index in [-0.39, 0.29) is 5.41 Å². The zero-order chi connectivity index (χ0) is 15.5. The molecule has 0 bridgehead atoms. The van der Waals surface area contributed by atoms with Gasteiger partial charge in [0.05, 0.1) is 10.7 Å². The van der Waals surface area contributed by atoms with Gasteiger partial charge in [0.1, 0.15) is 0 Å². The minimum Gasteiger partial charge on any atom is -0.313 e. The molecule has 1 fully saturated rings. The smallest absolute Gasteiger partial charge is 0.0944 e. The lowest BCUT2D eigenvalue weighted by Gasteiger charge is -2.24.